The number of nitrogens with one attached hydrogen (secondary N) is 2. The summed E-state index contributed by atoms with van der Waals surface area (Å²) in [7, 11) is -3.59. The van der Waals surface area contributed by atoms with Gasteiger partial charge >= 0.3 is 0 Å². The minimum Gasteiger partial charge on any atom is -0.364 e. The molecule has 0 aliphatic heterocycles. The van der Waals surface area contributed by atoms with Crippen LogP contribution >= 0.6 is 11.6 Å². The van der Waals surface area contributed by atoms with Crippen LogP contribution in [0.25, 0.3) is 5.65 Å². The second kappa shape index (κ2) is 9.01. The number of halogens is 1. The molecule has 0 radical (unpaired) electrons. The molecular weight excluding hydrogens is 436 g/mol. The number of hydrogen-bond donors (Lipinski definition) is 2. The predicted octanol–water partition coefficient (Wildman–Crippen LogP) is 3.22. The molecular formula is C21H21ClN6O2S. The van der Waals surface area contributed by atoms with Crippen molar-refractivity contribution in [3.8, 4) is 0 Å². The summed E-state index contributed by atoms with van der Waals surface area (Å²) in [5.41, 5.74) is 2.42. The molecule has 0 fully saturated rings. The summed E-state index contributed by atoms with van der Waals surface area (Å²) >= 11 is 6.20. The first-order valence-corrected chi connectivity index (χ1v) is 11.5. The normalized spacial score (nSPS) is 11.7. The third kappa shape index (κ3) is 5.01. The molecule has 160 valence electrons. The number of anilines is 1. The highest BCUT2D eigenvalue weighted by molar-refractivity contribution is 7.89. The van der Waals surface area contributed by atoms with E-state index >= 15 is 0 Å². The molecule has 8 nitrogen and oxygen atoms in total. The Morgan fingerprint density at radius 3 is 2.68 bits per heavy atom. The zero-order valence-electron chi connectivity index (χ0n) is 16.8. The van der Waals surface area contributed by atoms with E-state index in [1.54, 1.807) is 28.8 Å². The average molecular weight is 457 g/mol. The third-order valence-corrected chi connectivity index (χ3v) is 6.51. The van der Waals surface area contributed by atoms with Gasteiger partial charge in [-0.05, 0) is 48.4 Å². The van der Waals surface area contributed by atoms with Gasteiger partial charge in [0.25, 0.3) is 0 Å². The molecule has 0 unspecified atom stereocenters. The first-order chi connectivity index (χ1) is 14.9. The predicted molar refractivity (Wildman–Crippen MR) is 120 cm³/mol. The molecule has 0 atom stereocenters. The van der Waals surface area contributed by atoms with Crippen LogP contribution in [-0.2, 0) is 23.0 Å². The Morgan fingerprint density at radius 1 is 1.03 bits per heavy atom. The Balaban J connectivity index is 1.43. The minimum atomic E-state index is -3.59. The molecule has 31 heavy (non-hydrogen) atoms. The fraction of sp³-hybridized carbons (Fsp3) is 0.190. The number of aryl methyl sites for hydroxylation is 1. The van der Waals surface area contributed by atoms with Crippen molar-refractivity contribution in [1.29, 1.82) is 0 Å². The third-order valence-electron chi connectivity index (χ3n) is 4.69. The first-order valence-electron chi connectivity index (χ1n) is 9.67. The highest BCUT2D eigenvalue weighted by atomic mass is 35.5. The topological polar surface area (TPSA) is 101 Å². The number of nitrogens with zero attached hydrogens (tertiary/aromatic N) is 4. The summed E-state index contributed by atoms with van der Waals surface area (Å²) < 4.78 is 29.2. The second-order valence-electron chi connectivity index (χ2n) is 7.01. The van der Waals surface area contributed by atoms with Gasteiger partial charge in [-0.25, -0.2) is 13.1 Å². The maximum absolute atomic E-state index is 12.5. The first kappa shape index (κ1) is 21.2. The van der Waals surface area contributed by atoms with Gasteiger partial charge in [-0.3, -0.25) is 0 Å². The molecule has 0 bridgehead atoms. The molecule has 2 aromatic heterocycles. The number of hydrogen-bond acceptors (Lipinski definition) is 6. The Morgan fingerprint density at radius 2 is 1.87 bits per heavy atom. The van der Waals surface area contributed by atoms with Gasteiger partial charge in [0.15, 0.2) is 11.5 Å². The smallest absolute Gasteiger partial charge is 0.240 e. The van der Waals surface area contributed by atoms with Gasteiger partial charge < -0.3 is 5.32 Å². The molecule has 2 N–H and O–H groups in total. The van der Waals surface area contributed by atoms with E-state index in [-0.39, 0.29) is 11.4 Å². The highest BCUT2D eigenvalue weighted by Gasteiger charge is 2.15. The fourth-order valence-corrected chi connectivity index (χ4v) is 4.41. The summed E-state index contributed by atoms with van der Waals surface area (Å²) in [6, 6.07) is 18.0. The maximum atomic E-state index is 12.5. The van der Waals surface area contributed by atoms with Crippen LogP contribution in [0, 0.1) is 6.92 Å². The van der Waals surface area contributed by atoms with Gasteiger partial charge in [0.05, 0.1) is 4.90 Å². The van der Waals surface area contributed by atoms with Crippen molar-refractivity contribution in [2.45, 2.75) is 24.8 Å². The van der Waals surface area contributed by atoms with E-state index in [9.17, 15) is 8.42 Å². The van der Waals surface area contributed by atoms with Crippen LogP contribution in [-0.4, -0.2) is 34.8 Å². The summed E-state index contributed by atoms with van der Waals surface area (Å²) in [5.74, 6) is 1.19. The molecule has 2 aromatic carbocycles. The van der Waals surface area contributed by atoms with Crippen molar-refractivity contribution in [2.75, 3.05) is 11.9 Å². The average Bonchev–Trinajstić information content (AvgIpc) is 3.15. The van der Waals surface area contributed by atoms with E-state index in [0.717, 1.165) is 11.1 Å². The summed E-state index contributed by atoms with van der Waals surface area (Å²) in [4.78, 5) is 0.239. The van der Waals surface area contributed by atoms with Crippen LogP contribution < -0.4 is 10.0 Å². The molecule has 4 rings (SSSR count). The summed E-state index contributed by atoms with van der Waals surface area (Å²) in [6.07, 6.45) is 0.340. The molecule has 2 heterocycles. The lowest BCUT2D eigenvalue weighted by Gasteiger charge is -2.08. The van der Waals surface area contributed by atoms with Crippen LogP contribution in [0.5, 0.6) is 0 Å². The van der Waals surface area contributed by atoms with Gasteiger partial charge in [-0.2, -0.15) is 4.52 Å². The summed E-state index contributed by atoms with van der Waals surface area (Å²) in [5, 5.41) is 16.7. The molecule has 0 spiro atoms. The number of rotatable bonds is 8. The second-order valence-corrected chi connectivity index (χ2v) is 9.19. The van der Waals surface area contributed by atoms with E-state index in [4.69, 9.17) is 11.6 Å². The molecule has 0 aliphatic rings. The molecule has 10 heteroatoms. The number of benzene rings is 2. The Bertz CT molecular complexity index is 1320. The number of sulfonamides is 1. The van der Waals surface area contributed by atoms with Crippen molar-refractivity contribution >= 4 is 33.1 Å². The lowest BCUT2D eigenvalue weighted by molar-refractivity contribution is 0.580. The maximum Gasteiger partial charge on any atom is 0.240 e. The monoisotopic (exact) mass is 456 g/mol. The fourth-order valence-electron chi connectivity index (χ4n) is 3.07. The van der Waals surface area contributed by atoms with Gasteiger partial charge in [0, 0.05) is 24.5 Å². The van der Waals surface area contributed by atoms with E-state index in [1.807, 2.05) is 43.3 Å². The quantitative estimate of drug-likeness (QED) is 0.422. The molecule has 0 saturated carbocycles. The van der Waals surface area contributed by atoms with Crippen molar-refractivity contribution in [3.05, 3.63) is 82.6 Å². The van der Waals surface area contributed by atoms with Gasteiger partial charge in [-0.1, -0.05) is 41.9 Å². The largest absolute Gasteiger partial charge is 0.364 e. The van der Waals surface area contributed by atoms with Crippen molar-refractivity contribution in [3.63, 3.8) is 0 Å². The van der Waals surface area contributed by atoms with Crippen molar-refractivity contribution < 1.29 is 8.42 Å². The van der Waals surface area contributed by atoms with Crippen LogP contribution in [0.15, 0.2) is 65.6 Å². The standard InChI is InChI=1S/C21H21ClN6O2S/c1-15-5-4-7-17(13-15)31(29,30)24-12-11-21-26-25-20-10-9-19(27-28(20)21)23-14-16-6-2-3-8-18(16)22/h2-10,13,24H,11-12,14H2,1H3,(H,23,27). The van der Waals surface area contributed by atoms with E-state index in [1.165, 1.54) is 0 Å². The van der Waals surface area contributed by atoms with Crippen molar-refractivity contribution in [2.24, 2.45) is 0 Å². The van der Waals surface area contributed by atoms with Gasteiger partial charge in [-0.15, -0.1) is 15.3 Å². The minimum absolute atomic E-state index is 0.177. The van der Waals surface area contributed by atoms with Crippen LogP contribution in [0.1, 0.15) is 17.0 Å². The number of fused-ring (bicyclic) bond motifs is 1. The Labute approximate surface area is 185 Å². The SMILES string of the molecule is Cc1cccc(S(=O)(=O)NCCc2nnc3ccc(NCc4ccccc4Cl)nn23)c1. The lowest BCUT2D eigenvalue weighted by atomic mass is 10.2. The molecule has 0 aliphatic carbocycles. The van der Waals surface area contributed by atoms with Gasteiger partial charge in [0.1, 0.15) is 5.82 Å². The lowest BCUT2D eigenvalue weighted by Crippen LogP contribution is -2.26. The number of aromatic nitrogens is 4. The van der Waals surface area contributed by atoms with Crippen LogP contribution in [0.4, 0.5) is 5.82 Å². The van der Waals surface area contributed by atoms with Crippen LogP contribution in [0.2, 0.25) is 5.02 Å². The van der Waals surface area contributed by atoms with E-state index in [0.29, 0.717) is 35.3 Å². The molecule has 4 aromatic rings. The Kier molecular flexibility index (Phi) is 6.17. The summed E-state index contributed by atoms with van der Waals surface area (Å²) in [6.45, 7) is 2.55. The molecule has 0 amide bonds. The molecule has 0 saturated heterocycles. The van der Waals surface area contributed by atoms with Crippen LogP contribution in [0.3, 0.4) is 0 Å². The van der Waals surface area contributed by atoms with E-state index < -0.39 is 10.0 Å². The van der Waals surface area contributed by atoms with Crippen molar-refractivity contribution in [1.82, 2.24) is 24.5 Å². The van der Waals surface area contributed by atoms with Gasteiger partial charge in [0.2, 0.25) is 10.0 Å². The zero-order valence-corrected chi connectivity index (χ0v) is 18.4. The highest BCUT2D eigenvalue weighted by Crippen LogP contribution is 2.17. The Hall–Kier alpha value is -3.01. The zero-order chi connectivity index (χ0) is 21.8. The van der Waals surface area contributed by atoms with E-state index in [2.05, 4.69) is 25.3 Å².